The number of halogens is 1. The number of thiophene rings is 1. The molecule has 0 aromatic carbocycles. The van der Waals surface area contributed by atoms with Gasteiger partial charge in [-0.3, -0.25) is 4.79 Å². The second-order valence-electron chi connectivity index (χ2n) is 4.96. The van der Waals surface area contributed by atoms with Crippen LogP contribution in [0, 0.1) is 5.41 Å². The molecule has 1 aromatic heterocycles. The highest BCUT2D eigenvalue weighted by Gasteiger charge is 2.36. The van der Waals surface area contributed by atoms with Crippen molar-refractivity contribution < 1.29 is 14.6 Å². The van der Waals surface area contributed by atoms with Crippen LogP contribution < -0.4 is 10.1 Å². The summed E-state index contributed by atoms with van der Waals surface area (Å²) in [5, 5.41) is 12.1. The normalized spacial score (nSPS) is 16.8. The van der Waals surface area contributed by atoms with Gasteiger partial charge in [0.05, 0.1) is 12.0 Å². The number of aliphatic hydroxyl groups excluding tert-OH is 1. The highest BCUT2D eigenvalue weighted by atomic mass is 79.9. The van der Waals surface area contributed by atoms with Crippen LogP contribution >= 0.6 is 27.3 Å². The average Bonchev–Trinajstić information content (AvgIpc) is 2.73. The minimum absolute atomic E-state index is 0.0711. The number of rotatable bonds is 6. The SMILES string of the molecule is COc1cc(C(=O)NCC2(CCO)CCC2)sc1Br. The van der Waals surface area contributed by atoms with E-state index in [0.717, 1.165) is 23.0 Å². The Balaban J connectivity index is 1.93. The van der Waals surface area contributed by atoms with Crippen LogP contribution in [0.5, 0.6) is 5.75 Å². The first-order valence-corrected chi connectivity index (χ1v) is 7.93. The molecule has 6 heteroatoms. The lowest BCUT2D eigenvalue weighted by molar-refractivity contribution is 0.0735. The summed E-state index contributed by atoms with van der Waals surface area (Å²) in [5.41, 5.74) is 0.114. The van der Waals surface area contributed by atoms with Crippen molar-refractivity contribution in [2.45, 2.75) is 25.7 Å². The molecular formula is C13H18BrNO3S. The lowest BCUT2D eigenvalue weighted by Crippen LogP contribution is -2.42. The first kappa shape index (κ1) is 14.8. The Bertz CT molecular complexity index is 457. The summed E-state index contributed by atoms with van der Waals surface area (Å²) < 4.78 is 5.97. The molecule has 1 amide bonds. The summed E-state index contributed by atoms with van der Waals surface area (Å²) in [5.74, 6) is 0.613. The quantitative estimate of drug-likeness (QED) is 0.831. The van der Waals surface area contributed by atoms with E-state index in [1.807, 2.05) is 0 Å². The van der Waals surface area contributed by atoms with Gasteiger partial charge in [-0.15, -0.1) is 11.3 Å². The molecule has 0 saturated heterocycles. The lowest BCUT2D eigenvalue weighted by atomic mass is 9.67. The molecule has 0 radical (unpaired) electrons. The van der Waals surface area contributed by atoms with Crippen molar-refractivity contribution in [2.24, 2.45) is 5.41 Å². The van der Waals surface area contributed by atoms with E-state index in [4.69, 9.17) is 9.84 Å². The number of ether oxygens (including phenoxy) is 1. The first-order chi connectivity index (χ1) is 9.10. The highest BCUT2D eigenvalue weighted by Crippen LogP contribution is 2.43. The van der Waals surface area contributed by atoms with E-state index >= 15 is 0 Å². The molecule has 0 unspecified atom stereocenters. The van der Waals surface area contributed by atoms with Gasteiger partial charge in [-0.05, 0) is 40.6 Å². The van der Waals surface area contributed by atoms with Crippen LogP contribution in [-0.4, -0.2) is 31.3 Å². The standard InChI is InChI=1S/C13H18BrNO3S/c1-18-9-7-10(19-11(9)14)12(17)15-8-13(5-6-16)3-2-4-13/h7,16H,2-6,8H2,1H3,(H,15,17). The van der Waals surface area contributed by atoms with Crippen LogP contribution in [0.25, 0.3) is 0 Å². The molecule has 1 aliphatic rings. The van der Waals surface area contributed by atoms with Crippen molar-refractivity contribution in [1.82, 2.24) is 5.32 Å². The van der Waals surface area contributed by atoms with Gasteiger partial charge in [0.15, 0.2) is 0 Å². The highest BCUT2D eigenvalue weighted by molar-refractivity contribution is 9.11. The fraction of sp³-hybridized carbons (Fsp3) is 0.615. The summed E-state index contributed by atoms with van der Waals surface area (Å²) in [4.78, 5) is 12.7. The van der Waals surface area contributed by atoms with Gasteiger partial charge in [-0.1, -0.05) is 6.42 Å². The molecule has 0 spiro atoms. The minimum atomic E-state index is -0.0711. The van der Waals surface area contributed by atoms with Crippen molar-refractivity contribution in [3.05, 3.63) is 14.7 Å². The van der Waals surface area contributed by atoms with E-state index in [0.29, 0.717) is 17.2 Å². The van der Waals surface area contributed by atoms with E-state index < -0.39 is 0 Å². The monoisotopic (exact) mass is 347 g/mol. The summed E-state index contributed by atoms with van der Waals surface area (Å²) in [6.45, 7) is 0.832. The second-order valence-corrected chi connectivity index (χ2v) is 7.33. The number of nitrogens with one attached hydrogen (secondary N) is 1. The predicted molar refractivity (Wildman–Crippen MR) is 78.9 cm³/mol. The number of methoxy groups -OCH3 is 1. The van der Waals surface area contributed by atoms with Gasteiger partial charge in [0.25, 0.3) is 5.91 Å². The molecule has 1 aromatic rings. The maximum Gasteiger partial charge on any atom is 0.261 e. The summed E-state index contributed by atoms with van der Waals surface area (Å²) in [7, 11) is 1.58. The predicted octanol–water partition coefficient (Wildman–Crippen LogP) is 2.80. The number of hydrogen-bond acceptors (Lipinski definition) is 4. The van der Waals surface area contributed by atoms with Gasteiger partial charge in [0, 0.05) is 19.2 Å². The number of carbonyl (C=O) groups excluding carboxylic acids is 1. The van der Waals surface area contributed by atoms with Crippen LogP contribution in [0.4, 0.5) is 0 Å². The van der Waals surface area contributed by atoms with Crippen molar-refractivity contribution in [3.8, 4) is 5.75 Å². The zero-order valence-electron chi connectivity index (χ0n) is 10.9. The van der Waals surface area contributed by atoms with Crippen molar-refractivity contribution >= 4 is 33.2 Å². The molecular weight excluding hydrogens is 330 g/mol. The van der Waals surface area contributed by atoms with Crippen LogP contribution in [0.2, 0.25) is 0 Å². The van der Waals surface area contributed by atoms with E-state index in [1.54, 1.807) is 13.2 Å². The number of amides is 1. The van der Waals surface area contributed by atoms with Crippen LogP contribution in [0.1, 0.15) is 35.4 Å². The Morgan fingerprint density at radius 2 is 2.37 bits per heavy atom. The lowest BCUT2D eigenvalue weighted by Gasteiger charge is -2.41. The topological polar surface area (TPSA) is 58.6 Å². The van der Waals surface area contributed by atoms with Gasteiger partial charge in [0.2, 0.25) is 0 Å². The van der Waals surface area contributed by atoms with Crippen LogP contribution in [-0.2, 0) is 0 Å². The second kappa shape index (κ2) is 6.24. The molecule has 2 rings (SSSR count). The zero-order valence-corrected chi connectivity index (χ0v) is 13.3. The Morgan fingerprint density at radius 3 is 2.84 bits per heavy atom. The van der Waals surface area contributed by atoms with Gasteiger partial charge in [-0.2, -0.15) is 0 Å². The number of carbonyl (C=O) groups is 1. The van der Waals surface area contributed by atoms with Crippen molar-refractivity contribution in [1.29, 1.82) is 0 Å². The Morgan fingerprint density at radius 1 is 1.63 bits per heavy atom. The summed E-state index contributed by atoms with van der Waals surface area (Å²) in [6.07, 6.45) is 4.13. The maximum atomic E-state index is 12.1. The van der Waals surface area contributed by atoms with Crippen molar-refractivity contribution in [2.75, 3.05) is 20.3 Å². The largest absolute Gasteiger partial charge is 0.495 e. The fourth-order valence-corrected chi connectivity index (χ4v) is 3.95. The molecule has 106 valence electrons. The van der Waals surface area contributed by atoms with E-state index in [2.05, 4.69) is 21.2 Å². The van der Waals surface area contributed by atoms with Gasteiger partial charge in [-0.25, -0.2) is 0 Å². The third-order valence-corrected chi connectivity index (χ3v) is 5.56. The average molecular weight is 348 g/mol. The van der Waals surface area contributed by atoms with E-state index in [1.165, 1.54) is 17.8 Å². The zero-order chi connectivity index (χ0) is 13.9. The number of hydrogen-bond donors (Lipinski definition) is 2. The van der Waals surface area contributed by atoms with Crippen LogP contribution in [0.15, 0.2) is 9.85 Å². The molecule has 0 aliphatic heterocycles. The molecule has 0 atom stereocenters. The smallest absolute Gasteiger partial charge is 0.261 e. The van der Waals surface area contributed by atoms with E-state index in [9.17, 15) is 4.79 Å². The Hall–Kier alpha value is -0.590. The molecule has 19 heavy (non-hydrogen) atoms. The van der Waals surface area contributed by atoms with Gasteiger partial charge in [0.1, 0.15) is 9.54 Å². The molecule has 0 bridgehead atoms. The maximum absolute atomic E-state index is 12.1. The molecule has 4 nitrogen and oxygen atoms in total. The molecule has 1 heterocycles. The number of aliphatic hydroxyl groups is 1. The van der Waals surface area contributed by atoms with Gasteiger partial charge >= 0.3 is 0 Å². The molecule has 1 saturated carbocycles. The summed E-state index contributed by atoms with van der Waals surface area (Å²) in [6, 6.07) is 1.74. The fourth-order valence-electron chi connectivity index (χ4n) is 2.39. The van der Waals surface area contributed by atoms with E-state index in [-0.39, 0.29) is 17.9 Å². The summed E-state index contributed by atoms with van der Waals surface area (Å²) >= 11 is 4.73. The molecule has 2 N–H and O–H groups in total. The molecule has 1 fully saturated rings. The Labute approximate surface area is 125 Å². The molecule has 1 aliphatic carbocycles. The first-order valence-electron chi connectivity index (χ1n) is 6.33. The van der Waals surface area contributed by atoms with Crippen LogP contribution in [0.3, 0.4) is 0 Å². The minimum Gasteiger partial charge on any atom is -0.495 e. The van der Waals surface area contributed by atoms with Crippen molar-refractivity contribution in [3.63, 3.8) is 0 Å². The third kappa shape index (κ3) is 3.30. The Kier molecular flexibility index (Phi) is 4.86. The van der Waals surface area contributed by atoms with Gasteiger partial charge < -0.3 is 15.2 Å². The third-order valence-electron chi connectivity index (χ3n) is 3.78.